The second-order valence-corrected chi connectivity index (χ2v) is 5.48. The Balaban J connectivity index is 2.86. The van der Waals surface area contributed by atoms with Crippen molar-refractivity contribution in [2.75, 3.05) is 0 Å². The first-order valence-electron chi connectivity index (χ1n) is 5.79. The molecule has 0 radical (unpaired) electrons. The van der Waals surface area contributed by atoms with E-state index in [0.717, 1.165) is 16.6 Å². The summed E-state index contributed by atoms with van der Waals surface area (Å²) >= 11 is 0. The highest BCUT2D eigenvalue weighted by Crippen LogP contribution is 2.30. The Labute approximate surface area is 101 Å². The molecule has 2 aromatic rings. The number of hydrogen-bond acceptors (Lipinski definition) is 2. The molecule has 0 atom stereocenters. The van der Waals surface area contributed by atoms with Gasteiger partial charge in [-0.3, -0.25) is 9.48 Å². The van der Waals surface area contributed by atoms with Crippen molar-refractivity contribution >= 4 is 16.7 Å². The molecule has 0 N–H and O–H groups in total. The van der Waals surface area contributed by atoms with Gasteiger partial charge in [0.2, 0.25) is 0 Å². The van der Waals surface area contributed by atoms with Crippen LogP contribution in [0, 0.1) is 0 Å². The first kappa shape index (κ1) is 11.8. The Morgan fingerprint density at radius 3 is 2.47 bits per heavy atom. The van der Waals surface area contributed by atoms with Crippen LogP contribution in [0.4, 0.5) is 0 Å². The fraction of sp³-hybridized carbons (Fsp3) is 0.429. The summed E-state index contributed by atoms with van der Waals surface area (Å²) in [5, 5.41) is 5.57. The largest absolute Gasteiger partial charge is 0.294 e. The van der Waals surface area contributed by atoms with Crippen molar-refractivity contribution in [1.29, 1.82) is 0 Å². The molecular weight excluding hydrogens is 212 g/mol. The lowest BCUT2D eigenvalue weighted by molar-refractivity contribution is 0.101. The van der Waals surface area contributed by atoms with Gasteiger partial charge in [0, 0.05) is 23.4 Å². The SMILES string of the molecule is CC(=O)c1cccc2c(C(C)(C)C)n(C)nc12. The quantitative estimate of drug-likeness (QED) is 0.706. The zero-order valence-electron chi connectivity index (χ0n) is 11.0. The molecular formula is C14H18N2O. The van der Waals surface area contributed by atoms with E-state index >= 15 is 0 Å². The summed E-state index contributed by atoms with van der Waals surface area (Å²) in [7, 11) is 1.94. The van der Waals surface area contributed by atoms with E-state index in [1.807, 2.05) is 29.9 Å². The van der Waals surface area contributed by atoms with Crippen LogP contribution in [0.25, 0.3) is 10.9 Å². The van der Waals surface area contributed by atoms with Crippen molar-refractivity contribution in [3.63, 3.8) is 0 Å². The summed E-state index contributed by atoms with van der Waals surface area (Å²) in [5.41, 5.74) is 2.69. The van der Waals surface area contributed by atoms with Gasteiger partial charge in [-0.05, 0) is 13.0 Å². The maximum Gasteiger partial charge on any atom is 0.162 e. The van der Waals surface area contributed by atoms with Gasteiger partial charge >= 0.3 is 0 Å². The van der Waals surface area contributed by atoms with Crippen LogP contribution < -0.4 is 0 Å². The number of benzene rings is 1. The highest BCUT2D eigenvalue weighted by molar-refractivity contribution is 6.06. The third kappa shape index (κ3) is 1.86. The Morgan fingerprint density at radius 2 is 1.94 bits per heavy atom. The van der Waals surface area contributed by atoms with E-state index in [-0.39, 0.29) is 11.2 Å². The number of carbonyl (C=O) groups is 1. The van der Waals surface area contributed by atoms with Crippen LogP contribution >= 0.6 is 0 Å². The van der Waals surface area contributed by atoms with Gasteiger partial charge in [-0.2, -0.15) is 5.10 Å². The van der Waals surface area contributed by atoms with E-state index in [9.17, 15) is 4.79 Å². The smallest absolute Gasteiger partial charge is 0.162 e. The maximum atomic E-state index is 11.6. The molecule has 0 unspecified atom stereocenters. The summed E-state index contributed by atoms with van der Waals surface area (Å²) in [6.07, 6.45) is 0. The van der Waals surface area contributed by atoms with Crippen molar-refractivity contribution in [3.8, 4) is 0 Å². The molecule has 3 heteroatoms. The predicted octanol–water partition coefficient (Wildman–Crippen LogP) is 3.07. The van der Waals surface area contributed by atoms with Gasteiger partial charge in [-0.15, -0.1) is 0 Å². The monoisotopic (exact) mass is 230 g/mol. The van der Waals surface area contributed by atoms with E-state index in [2.05, 4.69) is 25.9 Å². The molecule has 0 amide bonds. The molecule has 17 heavy (non-hydrogen) atoms. The highest BCUT2D eigenvalue weighted by Gasteiger charge is 2.23. The first-order valence-corrected chi connectivity index (χ1v) is 5.79. The number of aryl methyl sites for hydroxylation is 1. The third-order valence-electron chi connectivity index (χ3n) is 2.95. The second kappa shape index (κ2) is 3.69. The number of hydrogen-bond donors (Lipinski definition) is 0. The van der Waals surface area contributed by atoms with Crippen LogP contribution in [0.1, 0.15) is 43.7 Å². The van der Waals surface area contributed by atoms with E-state index in [1.165, 1.54) is 0 Å². The number of rotatable bonds is 1. The molecule has 90 valence electrons. The van der Waals surface area contributed by atoms with Crippen LogP contribution in [-0.4, -0.2) is 15.6 Å². The molecule has 0 saturated heterocycles. The lowest BCUT2D eigenvalue weighted by atomic mass is 9.89. The van der Waals surface area contributed by atoms with Crippen molar-refractivity contribution in [2.45, 2.75) is 33.1 Å². The number of aromatic nitrogens is 2. The molecule has 0 spiro atoms. The summed E-state index contributed by atoms with van der Waals surface area (Å²) in [4.78, 5) is 11.6. The number of Topliss-reactive ketones (excluding diaryl/α,β-unsaturated/α-hetero) is 1. The summed E-state index contributed by atoms with van der Waals surface area (Å²) in [6.45, 7) is 8.05. The summed E-state index contributed by atoms with van der Waals surface area (Å²) < 4.78 is 1.89. The topological polar surface area (TPSA) is 34.9 Å². The van der Waals surface area contributed by atoms with E-state index in [1.54, 1.807) is 6.92 Å². The minimum atomic E-state index is 0.0128. The number of carbonyl (C=O) groups excluding carboxylic acids is 1. The van der Waals surface area contributed by atoms with E-state index < -0.39 is 0 Å². The van der Waals surface area contributed by atoms with Crippen molar-refractivity contribution in [1.82, 2.24) is 9.78 Å². The first-order chi connectivity index (χ1) is 7.82. The van der Waals surface area contributed by atoms with Crippen LogP contribution in [0.2, 0.25) is 0 Å². The molecule has 0 aliphatic heterocycles. The average molecular weight is 230 g/mol. The van der Waals surface area contributed by atoms with Gasteiger partial charge in [0.05, 0.1) is 5.69 Å². The third-order valence-corrected chi connectivity index (χ3v) is 2.95. The Kier molecular flexibility index (Phi) is 2.57. The fourth-order valence-corrected chi connectivity index (χ4v) is 2.39. The van der Waals surface area contributed by atoms with Crippen molar-refractivity contribution in [2.24, 2.45) is 7.05 Å². The molecule has 1 aromatic heterocycles. The molecule has 2 rings (SSSR count). The molecule has 1 aromatic carbocycles. The molecule has 0 saturated carbocycles. The van der Waals surface area contributed by atoms with Gasteiger partial charge in [-0.1, -0.05) is 32.9 Å². The molecule has 0 aliphatic rings. The lowest BCUT2D eigenvalue weighted by Crippen LogP contribution is -2.16. The predicted molar refractivity (Wildman–Crippen MR) is 69.4 cm³/mol. The minimum absolute atomic E-state index is 0.0128. The summed E-state index contributed by atoms with van der Waals surface area (Å²) in [6, 6.07) is 5.80. The normalized spacial score (nSPS) is 12.1. The van der Waals surface area contributed by atoms with Crippen molar-refractivity contribution in [3.05, 3.63) is 29.5 Å². The Hall–Kier alpha value is -1.64. The molecule has 0 aliphatic carbocycles. The molecule has 3 nitrogen and oxygen atoms in total. The zero-order chi connectivity index (χ0) is 12.8. The average Bonchev–Trinajstić information content (AvgIpc) is 2.51. The van der Waals surface area contributed by atoms with Gasteiger partial charge in [-0.25, -0.2) is 0 Å². The van der Waals surface area contributed by atoms with Gasteiger partial charge in [0.15, 0.2) is 5.78 Å². The van der Waals surface area contributed by atoms with Crippen LogP contribution in [0.15, 0.2) is 18.2 Å². The second-order valence-electron chi connectivity index (χ2n) is 5.48. The van der Waals surface area contributed by atoms with Crippen molar-refractivity contribution < 1.29 is 4.79 Å². The minimum Gasteiger partial charge on any atom is -0.294 e. The van der Waals surface area contributed by atoms with Gasteiger partial charge in [0.25, 0.3) is 0 Å². The Bertz CT molecular complexity index is 588. The van der Waals surface area contributed by atoms with E-state index in [4.69, 9.17) is 0 Å². The maximum absolute atomic E-state index is 11.6. The van der Waals surface area contributed by atoms with E-state index in [0.29, 0.717) is 5.56 Å². The standard InChI is InChI=1S/C14H18N2O/c1-9(17)10-7-6-8-11-12(10)15-16(5)13(11)14(2,3)4/h6-8H,1-5H3. The molecule has 1 heterocycles. The van der Waals surface area contributed by atoms with Crippen LogP contribution in [0.5, 0.6) is 0 Å². The van der Waals surface area contributed by atoms with Crippen LogP contribution in [0.3, 0.4) is 0 Å². The van der Waals surface area contributed by atoms with Gasteiger partial charge in [0.1, 0.15) is 5.52 Å². The summed E-state index contributed by atoms with van der Waals surface area (Å²) in [5.74, 6) is 0.0640. The zero-order valence-corrected chi connectivity index (χ0v) is 11.0. The highest BCUT2D eigenvalue weighted by atomic mass is 16.1. The fourth-order valence-electron chi connectivity index (χ4n) is 2.39. The number of ketones is 1. The molecule has 0 bridgehead atoms. The van der Waals surface area contributed by atoms with Gasteiger partial charge < -0.3 is 0 Å². The van der Waals surface area contributed by atoms with Crippen LogP contribution in [-0.2, 0) is 12.5 Å². The number of nitrogens with zero attached hydrogens (tertiary/aromatic N) is 2. The lowest BCUT2D eigenvalue weighted by Gasteiger charge is -2.19. The molecule has 0 fully saturated rings. The number of fused-ring (bicyclic) bond motifs is 1. The Morgan fingerprint density at radius 1 is 1.29 bits per heavy atom.